The number of rotatable bonds is 4. The maximum atomic E-state index is 13.0. The number of benzene rings is 1. The van der Waals surface area contributed by atoms with Gasteiger partial charge in [0.15, 0.2) is 0 Å². The van der Waals surface area contributed by atoms with Crippen molar-refractivity contribution in [3.05, 3.63) is 69.9 Å². The Labute approximate surface area is 133 Å². The first kappa shape index (κ1) is 15.5. The highest BCUT2D eigenvalue weighted by molar-refractivity contribution is 5.92. The second-order valence-electron chi connectivity index (χ2n) is 6.03. The minimum atomic E-state index is -0.285. The average Bonchev–Trinajstić information content (AvgIpc) is 2.96. The van der Waals surface area contributed by atoms with Gasteiger partial charge >= 0.3 is 0 Å². The first-order valence-electron chi connectivity index (χ1n) is 7.86. The molecule has 0 unspecified atom stereocenters. The quantitative estimate of drug-likeness (QED) is 0.911. The van der Waals surface area contributed by atoms with Crippen molar-refractivity contribution in [1.29, 1.82) is 0 Å². The first-order valence-corrected chi connectivity index (χ1v) is 7.86. The number of amides is 1. The van der Waals surface area contributed by atoms with E-state index < -0.39 is 0 Å². The molecule has 120 valence electrons. The number of pyridine rings is 1. The maximum Gasteiger partial charge on any atom is 0.268 e. The Balaban J connectivity index is 1.65. The Bertz CT molecular complexity index is 739. The van der Waals surface area contributed by atoms with Crippen LogP contribution in [0.3, 0.4) is 0 Å². The zero-order valence-corrected chi connectivity index (χ0v) is 12.7. The van der Waals surface area contributed by atoms with E-state index in [1.807, 2.05) is 0 Å². The molecular weight excluding hydrogens is 295 g/mol. The molecule has 23 heavy (non-hydrogen) atoms. The van der Waals surface area contributed by atoms with Crippen LogP contribution >= 0.6 is 0 Å². The van der Waals surface area contributed by atoms with Crippen LogP contribution < -0.4 is 10.9 Å². The predicted octanol–water partition coefficient (Wildman–Crippen LogP) is 2.66. The number of carbonyl (C=O) groups excluding carboxylic acids is 1. The highest BCUT2D eigenvalue weighted by Gasteiger charge is 2.29. The smallest absolute Gasteiger partial charge is 0.268 e. The second-order valence-corrected chi connectivity index (χ2v) is 6.03. The van der Waals surface area contributed by atoms with Gasteiger partial charge in [0.25, 0.3) is 5.91 Å². The highest BCUT2D eigenvalue weighted by Crippen LogP contribution is 2.29. The van der Waals surface area contributed by atoms with Crippen LogP contribution in [0.15, 0.2) is 47.3 Å². The summed E-state index contributed by atoms with van der Waals surface area (Å²) in [5.74, 6) is -0.156. The van der Waals surface area contributed by atoms with E-state index in [1.165, 1.54) is 18.2 Å². The molecule has 2 N–H and O–H groups in total. The minimum absolute atomic E-state index is 0.0799. The summed E-state index contributed by atoms with van der Waals surface area (Å²) in [6, 6.07) is 11.1. The van der Waals surface area contributed by atoms with Crippen molar-refractivity contribution in [3.63, 3.8) is 0 Å². The van der Waals surface area contributed by atoms with Gasteiger partial charge in [-0.15, -0.1) is 0 Å². The van der Waals surface area contributed by atoms with Crippen molar-refractivity contribution in [2.24, 2.45) is 5.92 Å². The summed E-state index contributed by atoms with van der Waals surface area (Å²) in [7, 11) is 0. The molecule has 0 aliphatic heterocycles. The van der Waals surface area contributed by atoms with Gasteiger partial charge in [0, 0.05) is 12.1 Å². The van der Waals surface area contributed by atoms with E-state index in [0.717, 1.165) is 31.2 Å². The van der Waals surface area contributed by atoms with Crippen molar-refractivity contribution < 1.29 is 9.18 Å². The highest BCUT2D eigenvalue weighted by atomic mass is 19.1. The molecule has 0 spiro atoms. The molecule has 0 saturated heterocycles. The van der Waals surface area contributed by atoms with E-state index in [4.69, 9.17) is 0 Å². The number of H-pyrrole nitrogens is 1. The van der Waals surface area contributed by atoms with Crippen LogP contribution in [0.2, 0.25) is 0 Å². The lowest BCUT2D eigenvalue weighted by Gasteiger charge is -2.21. The van der Waals surface area contributed by atoms with Crippen LogP contribution in [-0.4, -0.2) is 16.9 Å². The van der Waals surface area contributed by atoms with Gasteiger partial charge in [-0.05, 0) is 48.9 Å². The molecule has 0 bridgehead atoms. The number of carbonyl (C=O) groups is 1. The fraction of sp³-hybridized carbons (Fsp3) is 0.333. The molecule has 1 aliphatic carbocycles. The summed E-state index contributed by atoms with van der Waals surface area (Å²) in [5.41, 5.74) is 1.07. The Hall–Kier alpha value is -2.43. The Morgan fingerprint density at radius 1 is 1.17 bits per heavy atom. The molecule has 1 saturated carbocycles. The largest absolute Gasteiger partial charge is 0.348 e. The summed E-state index contributed by atoms with van der Waals surface area (Å²) in [6.07, 6.45) is 3.83. The fourth-order valence-corrected chi connectivity index (χ4v) is 3.22. The third-order valence-corrected chi connectivity index (χ3v) is 4.40. The standard InChI is InChI=1S/C18H19FN2O2/c19-14-9-7-12(8-10-14)11-13-3-1-4-15(13)21-18(23)16-5-2-6-17(22)20-16/h2,5-10,13,15H,1,3-4,11H2,(H,20,22)(H,21,23)/t13-,15-/m0/s1. The van der Waals surface area contributed by atoms with Gasteiger partial charge < -0.3 is 10.3 Å². The number of hydrogen-bond donors (Lipinski definition) is 2. The zero-order valence-electron chi connectivity index (χ0n) is 12.7. The number of halogens is 1. The molecule has 2 atom stereocenters. The van der Waals surface area contributed by atoms with E-state index in [1.54, 1.807) is 24.3 Å². The molecule has 1 aromatic heterocycles. The van der Waals surface area contributed by atoms with Gasteiger partial charge in [-0.3, -0.25) is 9.59 Å². The van der Waals surface area contributed by atoms with Crippen molar-refractivity contribution >= 4 is 5.91 Å². The molecule has 1 fully saturated rings. The lowest BCUT2D eigenvalue weighted by Crippen LogP contribution is -2.38. The molecule has 4 nitrogen and oxygen atoms in total. The fourth-order valence-electron chi connectivity index (χ4n) is 3.22. The number of aromatic amines is 1. The van der Waals surface area contributed by atoms with Crippen LogP contribution in [0.5, 0.6) is 0 Å². The van der Waals surface area contributed by atoms with E-state index in [0.29, 0.717) is 5.92 Å². The Morgan fingerprint density at radius 2 is 1.96 bits per heavy atom. The van der Waals surface area contributed by atoms with Gasteiger partial charge in [0.2, 0.25) is 5.56 Å². The van der Waals surface area contributed by atoms with Gasteiger partial charge in [0.1, 0.15) is 11.5 Å². The van der Waals surface area contributed by atoms with Crippen LogP contribution in [0.4, 0.5) is 4.39 Å². The van der Waals surface area contributed by atoms with E-state index in [-0.39, 0.29) is 29.0 Å². The normalized spacial score (nSPS) is 20.4. The summed E-state index contributed by atoms with van der Waals surface area (Å²) in [4.78, 5) is 26.1. The molecule has 1 heterocycles. The maximum absolute atomic E-state index is 13.0. The van der Waals surface area contributed by atoms with Gasteiger partial charge in [-0.1, -0.05) is 24.6 Å². The SMILES string of the molecule is O=C(N[C@H]1CCC[C@H]1Cc1ccc(F)cc1)c1cccc(=O)[nH]1. The number of hydrogen-bond acceptors (Lipinski definition) is 2. The van der Waals surface area contributed by atoms with Crippen LogP contribution in [0.25, 0.3) is 0 Å². The first-order chi connectivity index (χ1) is 11.1. The van der Waals surface area contributed by atoms with Crippen molar-refractivity contribution in [2.75, 3.05) is 0 Å². The molecular formula is C18H19FN2O2. The van der Waals surface area contributed by atoms with Crippen molar-refractivity contribution in [2.45, 2.75) is 31.7 Å². The third kappa shape index (κ3) is 3.86. The number of aromatic nitrogens is 1. The Kier molecular flexibility index (Phi) is 4.55. The average molecular weight is 314 g/mol. The lowest BCUT2D eigenvalue weighted by atomic mass is 9.94. The van der Waals surface area contributed by atoms with Crippen LogP contribution in [0, 0.1) is 11.7 Å². The van der Waals surface area contributed by atoms with Crippen LogP contribution in [0.1, 0.15) is 35.3 Å². The summed E-state index contributed by atoms with van der Waals surface area (Å²) >= 11 is 0. The minimum Gasteiger partial charge on any atom is -0.348 e. The topological polar surface area (TPSA) is 62.0 Å². The molecule has 0 radical (unpaired) electrons. The second kappa shape index (κ2) is 6.77. The number of nitrogens with one attached hydrogen (secondary N) is 2. The molecule has 1 aromatic carbocycles. The molecule has 5 heteroatoms. The van der Waals surface area contributed by atoms with Gasteiger partial charge in [-0.2, -0.15) is 0 Å². The molecule has 2 aromatic rings. The van der Waals surface area contributed by atoms with E-state index in [2.05, 4.69) is 10.3 Å². The predicted molar refractivity (Wildman–Crippen MR) is 85.8 cm³/mol. The lowest BCUT2D eigenvalue weighted by molar-refractivity contribution is 0.0922. The zero-order chi connectivity index (χ0) is 16.2. The molecule has 1 amide bonds. The van der Waals surface area contributed by atoms with E-state index >= 15 is 0 Å². The summed E-state index contributed by atoms with van der Waals surface area (Å²) in [5, 5.41) is 3.02. The molecule has 3 rings (SSSR count). The summed E-state index contributed by atoms with van der Waals surface area (Å²) < 4.78 is 13.0. The van der Waals surface area contributed by atoms with E-state index in [9.17, 15) is 14.0 Å². The Morgan fingerprint density at radius 3 is 2.70 bits per heavy atom. The third-order valence-electron chi connectivity index (χ3n) is 4.40. The molecule has 1 aliphatic rings. The van der Waals surface area contributed by atoms with Crippen molar-refractivity contribution in [1.82, 2.24) is 10.3 Å². The van der Waals surface area contributed by atoms with Gasteiger partial charge in [0.05, 0.1) is 0 Å². The summed E-state index contributed by atoms with van der Waals surface area (Å²) in [6.45, 7) is 0. The monoisotopic (exact) mass is 314 g/mol. The van der Waals surface area contributed by atoms with Crippen LogP contribution in [-0.2, 0) is 6.42 Å². The van der Waals surface area contributed by atoms with Gasteiger partial charge in [-0.25, -0.2) is 4.39 Å². The van der Waals surface area contributed by atoms with Crippen molar-refractivity contribution in [3.8, 4) is 0 Å².